The van der Waals surface area contributed by atoms with E-state index >= 15 is 0 Å². The quantitative estimate of drug-likeness (QED) is 0.730. The molecule has 1 unspecified atom stereocenters. The average molecular weight is 429 g/mol. The molecule has 0 aromatic heterocycles. The van der Waals surface area contributed by atoms with Crippen LogP contribution in [0.5, 0.6) is 0 Å². The lowest BCUT2D eigenvalue weighted by Gasteiger charge is -2.35. The molecule has 1 saturated heterocycles. The maximum absolute atomic E-state index is 12.8. The number of benzene rings is 2. The number of anilines is 1. The summed E-state index contributed by atoms with van der Waals surface area (Å²) in [7, 11) is -3.63. The van der Waals surface area contributed by atoms with Gasteiger partial charge in [-0.15, -0.1) is 0 Å². The van der Waals surface area contributed by atoms with Crippen LogP contribution >= 0.6 is 0 Å². The second-order valence-corrected chi connectivity index (χ2v) is 9.76. The van der Waals surface area contributed by atoms with E-state index in [-0.39, 0.29) is 17.7 Å². The molecule has 30 heavy (non-hydrogen) atoms. The van der Waals surface area contributed by atoms with Gasteiger partial charge in [-0.05, 0) is 55.5 Å². The summed E-state index contributed by atoms with van der Waals surface area (Å²) in [5.41, 5.74) is 1.69. The molecule has 1 heterocycles. The van der Waals surface area contributed by atoms with Crippen LogP contribution in [-0.2, 0) is 20.4 Å². The second-order valence-electron chi connectivity index (χ2n) is 7.70. The van der Waals surface area contributed by atoms with Gasteiger partial charge in [-0.3, -0.25) is 9.59 Å². The van der Waals surface area contributed by atoms with E-state index in [9.17, 15) is 18.0 Å². The van der Waals surface area contributed by atoms with Crippen LogP contribution < -0.4 is 5.32 Å². The number of carbonyl (C=O) groups excluding carboxylic acids is 2. The number of amides is 2. The number of carbonyl (C=O) groups is 2. The first kappa shape index (κ1) is 22.0. The summed E-state index contributed by atoms with van der Waals surface area (Å²) in [5.74, 6) is -1.40. The molecule has 2 aromatic rings. The minimum absolute atomic E-state index is 0.00167. The Morgan fingerprint density at radius 3 is 2.40 bits per heavy atom. The predicted molar refractivity (Wildman–Crippen MR) is 118 cm³/mol. The highest BCUT2D eigenvalue weighted by Crippen LogP contribution is 2.22. The van der Waals surface area contributed by atoms with Crippen molar-refractivity contribution in [2.45, 2.75) is 44.4 Å². The summed E-state index contributed by atoms with van der Waals surface area (Å²) in [6.07, 6.45) is 4.14. The van der Waals surface area contributed by atoms with Gasteiger partial charge in [0.25, 0.3) is 5.91 Å². The van der Waals surface area contributed by atoms with Gasteiger partial charge in [0.15, 0.2) is 9.84 Å². The Hall–Kier alpha value is -2.67. The number of para-hydroxylation sites is 1. The zero-order chi connectivity index (χ0) is 21.6. The fourth-order valence-electron chi connectivity index (χ4n) is 3.83. The maximum Gasteiger partial charge on any atom is 0.254 e. The molecule has 0 bridgehead atoms. The van der Waals surface area contributed by atoms with Crippen LogP contribution in [0, 0.1) is 0 Å². The highest BCUT2D eigenvalue weighted by atomic mass is 32.2. The van der Waals surface area contributed by atoms with Crippen molar-refractivity contribution in [2.24, 2.45) is 0 Å². The zero-order valence-electron chi connectivity index (χ0n) is 17.2. The molecule has 2 amide bonds. The molecule has 1 atom stereocenters. The molecular weight excluding hydrogens is 400 g/mol. The van der Waals surface area contributed by atoms with Gasteiger partial charge in [-0.1, -0.05) is 37.3 Å². The van der Waals surface area contributed by atoms with E-state index in [0.29, 0.717) is 16.8 Å². The van der Waals surface area contributed by atoms with Crippen molar-refractivity contribution < 1.29 is 18.0 Å². The highest BCUT2D eigenvalue weighted by molar-refractivity contribution is 7.91. The molecule has 1 aliphatic rings. The molecule has 1 aliphatic heterocycles. The zero-order valence-corrected chi connectivity index (χ0v) is 18.0. The molecule has 2 aromatic carbocycles. The van der Waals surface area contributed by atoms with Gasteiger partial charge >= 0.3 is 0 Å². The van der Waals surface area contributed by atoms with Crippen LogP contribution in [0.2, 0.25) is 0 Å². The SMILES string of the molecule is CCC1CCCCN1C(=O)c1ccc(CS(=O)(=O)CC(=O)Nc2ccccc2)cc1. The Labute approximate surface area is 178 Å². The molecular formula is C23H28N2O4S. The van der Waals surface area contributed by atoms with Crippen molar-refractivity contribution >= 4 is 27.3 Å². The average Bonchev–Trinajstić information content (AvgIpc) is 2.73. The van der Waals surface area contributed by atoms with Crippen LogP contribution in [0.15, 0.2) is 54.6 Å². The van der Waals surface area contributed by atoms with Gasteiger partial charge in [0.1, 0.15) is 5.75 Å². The van der Waals surface area contributed by atoms with Gasteiger partial charge in [-0.25, -0.2) is 8.42 Å². The lowest BCUT2D eigenvalue weighted by Crippen LogP contribution is -2.43. The monoisotopic (exact) mass is 428 g/mol. The normalized spacial score (nSPS) is 16.8. The first-order valence-electron chi connectivity index (χ1n) is 10.3. The molecule has 160 valence electrons. The van der Waals surface area contributed by atoms with E-state index < -0.39 is 21.5 Å². The van der Waals surface area contributed by atoms with Gasteiger partial charge < -0.3 is 10.2 Å². The van der Waals surface area contributed by atoms with Crippen LogP contribution in [0.25, 0.3) is 0 Å². The molecule has 6 nitrogen and oxygen atoms in total. The molecule has 3 rings (SSSR count). The summed E-state index contributed by atoms with van der Waals surface area (Å²) in [6, 6.07) is 15.7. The molecule has 1 fully saturated rings. The van der Waals surface area contributed by atoms with Crippen molar-refractivity contribution in [1.82, 2.24) is 4.90 Å². The lowest BCUT2D eigenvalue weighted by molar-refractivity contribution is -0.113. The Morgan fingerprint density at radius 1 is 1.03 bits per heavy atom. The Kier molecular flexibility index (Phi) is 7.26. The number of nitrogens with zero attached hydrogens (tertiary/aromatic N) is 1. The summed E-state index contributed by atoms with van der Waals surface area (Å²) in [5, 5.41) is 2.59. The third-order valence-corrected chi connectivity index (χ3v) is 6.83. The third-order valence-electron chi connectivity index (χ3n) is 5.36. The standard InChI is InChI=1S/C23H28N2O4S/c1-2-21-10-6-7-15-25(21)23(27)19-13-11-18(12-14-19)16-30(28,29)17-22(26)24-20-8-4-3-5-9-20/h3-5,8-9,11-14,21H,2,6-7,10,15-17H2,1H3,(H,24,26). The number of piperidine rings is 1. The van der Waals surface area contributed by atoms with E-state index in [1.807, 2.05) is 11.0 Å². The van der Waals surface area contributed by atoms with Crippen molar-refractivity contribution in [3.05, 3.63) is 65.7 Å². The molecule has 0 radical (unpaired) electrons. The van der Waals surface area contributed by atoms with E-state index in [4.69, 9.17) is 0 Å². The number of rotatable bonds is 7. The van der Waals surface area contributed by atoms with Crippen molar-refractivity contribution in [2.75, 3.05) is 17.6 Å². The molecule has 0 spiro atoms. The fourth-order valence-corrected chi connectivity index (χ4v) is 5.10. The lowest BCUT2D eigenvalue weighted by atomic mass is 9.98. The van der Waals surface area contributed by atoms with Gasteiger partial charge in [0.05, 0.1) is 5.75 Å². The maximum atomic E-state index is 12.8. The highest BCUT2D eigenvalue weighted by Gasteiger charge is 2.26. The predicted octanol–water partition coefficient (Wildman–Crippen LogP) is 3.64. The minimum Gasteiger partial charge on any atom is -0.336 e. The van der Waals surface area contributed by atoms with Gasteiger partial charge in [0, 0.05) is 23.8 Å². The second kappa shape index (κ2) is 9.89. The largest absolute Gasteiger partial charge is 0.336 e. The number of likely N-dealkylation sites (tertiary alicyclic amines) is 1. The van der Waals surface area contributed by atoms with Gasteiger partial charge in [-0.2, -0.15) is 0 Å². The van der Waals surface area contributed by atoms with Crippen LogP contribution in [0.4, 0.5) is 5.69 Å². The molecule has 7 heteroatoms. The topological polar surface area (TPSA) is 83.6 Å². The molecule has 0 saturated carbocycles. The van der Waals surface area contributed by atoms with E-state index in [1.54, 1.807) is 48.5 Å². The first-order valence-corrected chi connectivity index (χ1v) is 12.2. The number of nitrogens with one attached hydrogen (secondary N) is 1. The van der Waals surface area contributed by atoms with Gasteiger partial charge in [0.2, 0.25) is 5.91 Å². The third kappa shape index (κ3) is 5.92. The number of hydrogen-bond acceptors (Lipinski definition) is 4. The van der Waals surface area contributed by atoms with E-state index in [0.717, 1.165) is 32.2 Å². The summed E-state index contributed by atoms with van der Waals surface area (Å²) in [4.78, 5) is 26.8. The summed E-state index contributed by atoms with van der Waals surface area (Å²) in [6.45, 7) is 2.86. The summed E-state index contributed by atoms with van der Waals surface area (Å²) < 4.78 is 24.8. The van der Waals surface area contributed by atoms with E-state index in [1.165, 1.54) is 0 Å². The fraction of sp³-hybridized carbons (Fsp3) is 0.391. The van der Waals surface area contributed by atoms with Crippen molar-refractivity contribution in [1.29, 1.82) is 0 Å². The Morgan fingerprint density at radius 2 is 1.73 bits per heavy atom. The molecule has 1 N–H and O–H groups in total. The smallest absolute Gasteiger partial charge is 0.254 e. The first-order chi connectivity index (χ1) is 14.4. The van der Waals surface area contributed by atoms with Crippen molar-refractivity contribution in [3.63, 3.8) is 0 Å². The number of sulfone groups is 1. The molecule has 0 aliphatic carbocycles. The number of hydrogen-bond donors (Lipinski definition) is 1. The Balaban J connectivity index is 1.60. The van der Waals surface area contributed by atoms with E-state index in [2.05, 4.69) is 12.2 Å². The van der Waals surface area contributed by atoms with Crippen LogP contribution in [0.1, 0.15) is 48.5 Å². The summed E-state index contributed by atoms with van der Waals surface area (Å²) >= 11 is 0. The van der Waals surface area contributed by atoms with Crippen molar-refractivity contribution in [3.8, 4) is 0 Å². The Bertz CT molecular complexity index is 972. The minimum atomic E-state index is -3.63. The van der Waals surface area contributed by atoms with Crippen LogP contribution in [0.3, 0.4) is 0 Å². The van der Waals surface area contributed by atoms with Crippen LogP contribution in [-0.4, -0.2) is 43.5 Å².